The third-order valence-electron chi connectivity index (χ3n) is 3.73. The number of hydrogen-bond donors (Lipinski definition) is 3. The molecule has 2 heterocycles. The van der Waals surface area contributed by atoms with E-state index in [9.17, 15) is 5.11 Å². The van der Waals surface area contributed by atoms with Crippen molar-refractivity contribution in [2.45, 2.75) is 39.7 Å². The third kappa shape index (κ3) is 5.46. The molecule has 0 unspecified atom stereocenters. The van der Waals surface area contributed by atoms with Gasteiger partial charge in [-0.15, -0.1) is 0 Å². The van der Waals surface area contributed by atoms with Gasteiger partial charge in [-0.3, -0.25) is 4.68 Å². The largest absolute Gasteiger partial charge is 0.482 e. The zero-order valence-corrected chi connectivity index (χ0v) is 15.0. The first kappa shape index (κ1) is 18.7. The lowest BCUT2D eigenvalue weighted by Gasteiger charge is -2.14. The van der Waals surface area contributed by atoms with Gasteiger partial charge in [0.05, 0.1) is 12.8 Å². The van der Waals surface area contributed by atoms with Crippen molar-refractivity contribution < 1.29 is 9.84 Å². The quantitative estimate of drug-likeness (QED) is 0.638. The smallest absolute Gasteiger partial charge is 0.222 e. The second-order valence-corrected chi connectivity index (χ2v) is 5.77. The number of hydrogen-bond acceptors (Lipinski definition) is 7. The van der Waals surface area contributed by atoms with Gasteiger partial charge in [-0.25, -0.2) is 4.98 Å². The van der Waals surface area contributed by atoms with E-state index < -0.39 is 0 Å². The zero-order valence-electron chi connectivity index (χ0n) is 15.0. The zero-order chi connectivity index (χ0) is 18.2. The highest BCUT2D eigenvalue weighted by Crippen LogP contribution is 2.25. The van der Waals surface area contributed by atoms with E-state index in [4.69, 9.17) is 10.5 Å². The lowest BCUT2D eigenvalue weighted by Crippen LogP contribution is -2.08. The number of nitrogens with one attached hydrogen (secondary N) is 1. The Balaban J connectivity index is 2.14. The number of nitrogens with two attached hydrogens (primary N) is 1. The molecule has 0 saturated carbocycles. The average molecular weight is 346 g/mol. The van der Waals surface area contributed by atoms with Crippen LogP contribution in [-0.2, 0) is 13.7 Å². The fourth-order valence-corrected chi connectivity index (χ4v) is 2.28. The molecule has 0 aliphatic heterocycles. The van der Waals surface area contributed by atoms with Gasteiger partial charge < -0.3 is 20.9 Å². The Bertz CT molecular complexity index is 706. The van der Waals surface area contributed by atoms with Crippen LogP contribution in [0.3, 0.4) is 0 Å². The average Bonchev–Trinajstić information content (AvgIpc) is 2.90. The van der Waals surface area contributed by atoms with Crippen LogP contribution in [0, 0.1) is 6.92 Å². The lowest BCUT2D eigenvalue weighted by atomic mass is 10.2. The number of nitrogen functional groups attached to an aromatic ring is 1. The maximum absolute atomic E-state index is 9.20. The minimum absolute atomic E-state index is 0.0456. The topological polar surface area (TPSA) is 111 Å². The summed E-state index contributed by atoms with van der Waals surface area (Å²) in [5.41, 5.74) is 8.45. The van der Waals surface area contributed by atoms with Gasteiger partial charge in [-0.05, 0) is 31.9 Å². The van der Waals surface area contributed by atoms with Crippen molar-refractivity contribution in [3.8, 4) is 5.75 Å². The normalized spacial score (nSPS) is 11.6. The summed E-state index contributed by atoms with van der Waals surface area (Å²) in [6.45, 7) is 4.35. The number of unbranched alkanes of at least 4 members (excludes halogenated alkanes) is 1. The predicted molar refractivity (Wildman–Crippen MR) is 97.0 cm³/mol. The number of aromatic nitrogens is 4. The number of nitrogens with zero attached hydrogens (tertiary/aromatic N) is 4. The van der Waals surface area contributed by atoms with Crippen LogP contribution in [0.25, 0.3) is 0 Å². The molecule has 0 aromatic carbocycles. The van der Waals surface area contributed by atoms with Crippen LogP contribution in [0.2, 0.25) is 0 Å². The molecule has 2 aromatic rings. The standard InChI is InChI=1S/C17H26N6O2/c1-4-5-6-13(7-8-24)20-16-15(10-19-17(18)21-16)25-11-14-9-12(2)23(3)22-14/h7,9-10,24H,4-6,8,11H2,1-3H3,(H3,18,19,20,21)/b13-7+. The van der Waals surface area contributed by atoms with Gasteiger partial charge in [-0.2, -0.15) is 10.1 Å². The van der Waals surface area contributed by atoms with Gasteiger partial charge in [0.1, 0.15) is 12.3 Å². The van der Waals surface area contributed by atoms with E-state index in [0.717, 1.165) is 36.3 Å². The van der Waals surface area contributed by atoms with Crippen LogP contribution < -0.4 is 15.8 Å². The molecule has 136 valence electrons. The molecule has 0 atom stereocenters. The number of ether oxygens (including phenoxy) is 1. The van der Waals surface area contributed by atoms with Crippen molar-refractivity contribution in [2.75, 3.05) is 17.7 Å². The predicted octanol–water partition coefficient (Wildman–Crippen LogP) is 2.16. The maximum atomic E-state index is 9.20. The second-order valence-electron chi connectivity index (χ2n) is 5.77. The molecule has 0 spiro atoms. The van der Waals surface area contributed by atoms with Crippen LogP contribution in [0.4, 0.5) is 11.8 Å². The van der Waals surface area contributed by atoms with Crippen molar-refractivity contribution in [3.63, 3.8) is 0 Å². The van der Waals surface area contributed by atoms with Crippen LogP contribution >= 0.6 is 0 Å². The van der Waals surface area contributed by atoms with Gasteiger partial charge >= 0.3 is 0 Å². The number of allylic oxidation sites excluding steroid dienone is 1. The fourth-order valence-electron chi connectivity index (χ4n) is 2.28. The number of aliphatic hydroxyl groups is 1. The lowest BCUT2D eigenvalue weighted by molar-refractivity contribution is 0.299. The number of aliphatic hydroxyl groups excluding tert-OH is 1. The Morgan fingerprint density at radius 3 is 2.92 bits per heavy atom. The fraction of sp³-hybridized carbons (Fsp3) is 0.471. The summed E-state index contributed by atoms with van der Waals surface area (Å²) < 4.78 is 7.62. The van der Waals surface area contributed by atoms with Crippen LogP contribution in [0.5, 0.6) is 5.75 Å². The first-order chi connectivity index (χ1) is 12.0. The van der Waals surface area contributed by atoms with Gasteiger partial charge in [-0.1, -0.05) is 13.3 Å². The van der Waals surface area contributed by atoms with Crippen molar-refractivity contribution >= 4 is 11.8 Å². The second kappa shape index (κ2) is 9.03. The van der Waals surface area contributed by atoms with Crippen LogP contribution in [0.15, 0.2) is 24.0 Å². The SMILES string of the molecule is CCCC/C(=C\CO)Nc1nc(N)ncc1OCc1cc(C)n(C)n1. The van der Waals surface area contributed by atoms with Gasteiger partial charge in [0.15, 0.2) is 11.6 Å². The summed E-state index contributed by atoms with van der Waals surface area (Å²) in [6, 6.07) is 1.96. The van der Waals surface area contributed by atoms with Crippen molar-refractivity contribution in [3.05, 3.63) is 35.4 Å². The maximum Gasteiger partial charge on any atom is 0.222 e. The molecule has 0 aliphatic carbocycles. The summed E-state index contributed by atoms with van der Waals surface area (Å²) in [5.74, 6) is 1.12. The van der Waals surface area contributed by atoms with E-state index >= 15 is 0 Å². The van der Waals surface area contributed by atoms with E-state index in [1.54, 1.807) is 10.8 Å². The molecule has 0 fully saturated rings. The number of rotatable bonds is 9. The highest BCUT2D eigenvalue weighted by atomic mass is 16.5. The molecule has 25 heavy (non-hydrogen) atoms. The molecule has 0 amide bonds. The van der Waals surface area contributed by atoms with Crippen molar-refractivity contribution in [1.82, 2.24) is 19.7 Å². The molecule has 2 aromatic heterocycles. The highest BCUT2D eigenvalue weighted by Gasteiger charge is 2.11. The molecule has 8 heteroatoms. The van der Waals surface area contributed by atoms with Crippen molar-refractivity contribution in [2.24, 2.45) is 7.05 Å². The summed E-state index contributed by atoms with van der Waals surface area (Å²) in [5, 5.41) is 16.8. The summed E-state index contributed by atoms with van der Waals surface area (Å²) >= 11 is 0. The minimum atomic E-state index is -0.0456. The van der Waals surface area contributed by atoms with Gasteiger partial charge in [0.25, 0.3) is 0 Å². The molecular weight excluding hydrogens is 320 g/mol. The first-order valence-electron chi connectivity index (χ1n) is 8.35. The number of aryl methyl sites for hydroxylation is 2. The Kier molecular flexibility index (Phi) is 6.76. The molecular formula is C17H26N6O2. The molecule has 8 nitrogen and oxygen atoms in total. The third-order valence-corrected chi connectivity index (χ3v) is 3.73. The Hall–Kier alpha value is -2.61. The van der Waals surface area contributed by atoms with Gasteiger partial charge in [0.2, 0.25) is 5.95 Å². The summed E-state index contributed by atoms with van der Waals surface area (Å²) in [6.07, 6.45) is 6.12. The van der Waals surface area contributed by atoms with Crippen LogP contribution in [-0.4, -0.2) is 31.5 Å². The summed E-state index contributed by atoms with van der Waals surface area (Å²) in [7, 11) is 1.89. The molecule has 4 N–H and O–H groups in total. The Morgan fingerprint density at radius 2 is 2.28 bits per heavy atom. The van der Waals surface area contributed by atoms with E-state index in [-0.39, 0.29) is 12.6 Å². The van der Waals surface area contributed by atoms with Gasteiger partial charge in [0, 0.05) is 18.4 Å². The van der Waals surface area contributed by atoms with Crippen molar-refractivity contribution in [1.29, 1.82) is 0 Å². The van der Waals surface area contributed by atoms with E-state index in [1.807, 2.05) is 20.0 Å². The Morgan fingerprint density at radius 1 is 1.48 bits per heavy atom. The molecule has 0 aliphatic rings. The summed E-state index contributed by atoms with van der Waals surface area (Å²) in [4.78, 5) is 8.22. The van der Waals surface area contributed by atoms with E-state index in [0.29, 0.717) is 18.2 Å². The molecule has 2 rings (SSSR count). The molecule has 0 saturated heterocycles. The Labute approximate surface area is 147 Å². The first-order valence-corrected chi connectivity index (χ1v) is 8.35. The van der Waals surface area contributed by atoms with E-state index in [2.05, 4.69) is 27.3 Å². The van der Waals surface area contributed by atoms with E-state index in [1.165, 1.54) is 6.20 Å². The monoisotopic (exact) mass is 346 g/mol. The molecule has 0 bridgehead atoms. The minimum Gasteiger partial charge on any atom is -0.482 e. The number of anilines is 2. The van der Waals surface area contributed by atoms with Crippen LogP contribution in [0.1, 0.15) is 37.6 Å². The highest BCUT2D eigenvalue weighted by molar-refractivity contribution is 5.54. The molecule has 0 radical (unpaired) electrons.